The fraction of sp³-hybridized carbons (Fsp3) is 0.333. The number of carbonyl (C=O) groups excluding carboxylic acids is 2. The van der Waals surface area contributed by atoms with Crippen molar-refractivity contribution in [3.8, 4) is 11.3 Å². The van der Waals surface area contributed by atoms with Crippen molar-refractivity contribution in [2.24, 2.45) is 10.9 Å². The molecule has 3 rings (SSSR count). The van der Waals surface area contributed by atoms with Gasteiger partial charge in [-0.15, -0.1) is 0 Å². The van der Waals surface area contributed by atoms with Gasteiger partial charge in [0, 0.05) is 29.4 Å². The van der Waals surface area contributed by atoms with Gasteiger partial charge in [-0.1, -0.05) is 42.8 Å². The quantitative estimate of drug-likeness (QED) is 0.0314. The van der Waals surface area contributed by atoms with Gasteiger partial charge in [0.1, 0.15) is 6.54 Å². The predicted octanol–water partition coefficient (Wildman–Crippen LogP) is 3.31. The lowest BCUT2D eigenvalue weighted by atomic mass is 10.1. The standard InChI is InChI=1S/C28H35N7O5.C2HF3O2/c1-4-5-10-40-28(38)21-11-20(12-22(29)13-21)23-15-32-26(33-17(2)3)27(37)35(23)16-24(36)31-14-18-6-8-19(9-7-18)25(30)34-39;3-2(4,5)1(6)7/h6-9,11-13,15,17,39H,4-5,10,14,16,29H2,1-3H3,(H2,30,34)(H,31,36)(H,32,33);(H,6,7). The number of nitrogen functional groups attached to an aromatic ring is 1. The first kappa shape index (κ1) is 37.6. The Balaban J connectivity index is 0.000000984. The van der Waals surface area contributed by atoms with Crippen LogP contribution in [0.1, 0.15) is 55.1 Å². The number of aliphatic carboxylic acids is 1. The van der Waals surface area contributed by atoms with Gasteiger partial charge in [-0.2, -0.15) is 13.2 Å². The molecule has 0 spiro atoms. The molecule has 0 aliphatic rings. The highest BCUT2D eigenvalue weighted by Crippen LogP contribution is 2.24. The van der Waals surface area contributed by atoms with E-state index in [-0.39, 0.29) is 43.0 Å². The molecular weight excluding hydrogens is 627 g/mol. The van der Waals surface area contributed by atoms with Gasteiger partial charge in [0.2, 0.25) is 5.91 Å². The van der Waals surface area contributed by atoms with Crippen LogP contribution in [0.5, 0.6) is 0 Å². The number of carboxylic acid groups (broad SMARTS) is 1. The number of halogens is 3. The molecule has 47 heavy (non-hydrogen) atoms. The number of esters is 1. The van der Waals surface area contributed by atoms with Crippen LogP contribution in [0.15, 0.2) is 58.6 Å². The van der Waals surface area contributed by atoms with Crippen LogP contribution in [-0.2, 0) is 27.4 Å². The van der Waals surface area contributed by atoms with Gasteiger partial charge in [-0.3, -0.25) is 14.2 Å². The Labute approximate surface area is 267 Å². The molecule has 0 fully saturated rings. The van der Waals surface area contributed by atoms with E-state index < -0.39 is 29.6 Å². The van der Waals surface area contributed by atoms with Crippen LogP contribution < -0.4 is 27.7 Å². The summed E-state index contributed by atoms with van der Waals surface area (Å²) in [5.74, 6) is -3.64. The van der Waals surface area contributed by atoms with Gasteiger partial charge in [0.25, 0.3) is 5.56 Å². The molecule has 1 aromatic heterocycles. The topological polar surface area (TPSA) is 224 Å². The van der Waals surface area contributed by atoms with Crippen LogP contribution in [0, 0.1) is 0 Å². The average Bonchev–Trinajstić information content (AvgIpc) is 3.01. The summed E-state index contributed by atoms with van der Waals surface area (Å²) in [4.78, 5) is 52.2. The maximum absolute atomic E-state index is 13.4. The number of hydrogen-bond donors (Lipinski definition) is 6. The van der Waals surface area contributed by atoms with Gasteiger partial charge >= 0.3 is 18.1 Å². The van der Waals surface area contributed by atoms with Crippen molar-refractivity contribution < 1.29 is 42.6 Å². The smallest absolute Gasteiger partial charge is 0.475 e. The molecule has 0 aliphatic carbocycles. The number of nitrogens with two attached hydrogens (primary N) is 2. The van der Waals surface area contributed by atoms with Gasteiger partial charge < -0.3 is 37.2 Å². The number of rotatable bonds is 12. The van der Waals surface area contributed by atoms with E-state index in [1.165, 1.54) is 16.8 Å². The number of hydrogen-bond acceptors (Lipinski definition) is 10. The molecule has 0 unspecified atom stereocenters. The number of amidine groups is 1. The first-order valence-electron chi connectivity index (χ1n) is 14.1. The minimum Gasteiger partial charge on any atom is -0.475 e. The van der Waals surface area contributed by atoms with Crippen molar-refractivity contribution in [2.75, 3.05) is 17.7 Å². The van der Waals surface area contributed by atoms with E-state index in [2.05, 4.69) is 20.8 Å². The Morgan fingerprint density at radius 3 is 2.30 bits per heavy atom. The van der Waals surface area contributed by atoms with E-state index in [1.54, 1.807) is 36.4 Å². The Morgan fingerprint density at radius 1 is 1.11 bits per heavy atom. The fourth-order valence-electron chi connectivity index (χ4n) is 3.81. The lowest BCUT2D eigenvalue weighted by molar-refractivity contribution is -0.192. The van der Waals surface area contributed by atoms with Crippen molar-refractivity contribution >= 4 is 35.2 Å². The second kappa shape index (κ2) is 17.2. The second-order valence-corrected chi connectivity index (χ2v) is 10.3. The van der Waals surface area contributed by atoms with Crippen LogP contribution >= 0.6 is 0 Å². The SMILES string of the molecule is CCCCOC(=O)c1cc(N)cc(-c2cnc(NC(C)C)c(=O)n2CC(=O)NCc2ccc(/C(N)=N/O)cc2)c1.O=C(O)C(F)(F)F. The Kier molecular flexibility index (Phi) is 13.7. The summed E-state index contributed by atoms with van der Waals surface area (Å²) in [5, 5.41) is 24.7. The molecule has 0 radical (unpaired) electrons. The van der Waals surface area contributed by atoms with E-state index >= 15 is 0 Å². The number of benzene rings is 2. The summed E-state index contributed by atoms with van der Waals surface area (Å²) in [5.41, 5.74) is 13.8. The highest BCUT2D eigenvalue weighted by Gasteiger charge is 2.38. The molecule has 17 heteroatoms. The second-order valence-electron chi connectivity index (χ2n) is 10.3. The number of nitrogens with one attached hydrogen (secondary N) is 2. The first-order chi connectivity index (χ1) is 22.1. The highest BCUT2D eigenvalue weighted by molar-refractivity contribution is 5.97. The molecular formula is C30H36F3N7O7. The summed E-state index contributed by atoms with van der Waals surface area (Å²) in [6, 6.07) is 11.4. The largest absolute Gasteiger partial charge is 0.490 e. The van der Waals surface area contributed by atoms with Gasteiger partial charge in [0.05, 0.1) is 24.1 Å². The van der Waals surface area contributed by atoms with Gasteiger partial charge in [-0.05, 0) is 44.0 Å². The van der Waals surface area contributed by atoms with E-state index in [0.29, 0.717) is 22.5 Å². The molecule has 0 aliphatic heterocycles. The maximum Gasteiger partial charge on any atom is 0.490 e. The number of carbonyl (C=O) groups is 3. The lowest BCUT2D eigenvalue weighted by Gasteiger charge is -2.17. The minimum absolute atomic E-state index is 0.0232. The minimum atomic E-state index is -5.08. The van der Waals surface area contributed by atoms with Crippen molar-refractivity contribution in [2.45, 2.75) is 58.9 Å². The van der Waals surface area contributed by atoms with Crippen LogP contribution in [0.4, 0.5) is 24.7 Å². The Bertz CT molecular complexity index is 1640. The number of nitrogens with zero attached hydrogens (tertiary/aromatic N) is 3. The molecule has 0 saturated carbocycles. The zero-order valence-electron chi connectivity index (χ0n) is 25.8. The molecule has 1 heterocycles. The molecule has 0 atom stereocenters. The van der Waals surface area contributed by atoms with Crippen molar-refractivity contribution in [1.29, 1.82) is 0 Å². The van der Waals surface area contributed by atoms with Crippen molar-refractivity contribution in [3.05, 3.63) is 75.7 Å². The molecule has 1 amide bonds. The lowest BCUT2D eigenvalue weighted by Crippen LogP contribution is -2.35. The number of ether oxygens (including phenoxy) is 1. The average molecular weight is 664 g/mol. The number of alkyl halides is 3. The maximum atomic E-state index is 13.4. The number of amides is 1. The van der Waals surface area contributed by atoms with E-state index in [9.17, 15) is 27.6 Å². The number of oxime groups is 1. The van der Waals surface area contributed by atoms with Gasteiger partial charge in [-0.25, -0.2) is 14.6 Å². The number of aromatic nitrogens is 2. The zero-order valence-corrected chi connectivity index (χ0v) is 25.8. The molecule has 3 aromatic rings. The zero-order chi connectivity index (χ0) is 35.3. The summed E-state index contributed by atoms with van der Waals surface area (Å²) in [6.07, 6.45) is -2.00. The summed E-state index contributed by atoms with van der Waals surface area (Å²) < 4.78 is 38.3. The third-order valence-corrected chi connectivity index (χ3v) is 6.09. The van der Waals surface area contributed by atoms with Crippen LogP contribution in [0.2, 0.25) is 0 Å². The summed E-state index contributed by atoms with van der Waals surface area (Å²) in [6.45, 7) is 5.89. The van der Waals surface area contributed by atoms with Crippen LogP contribution in [-0.4, -0.2) is 62.4 Å². The Morgan fingerprint density at radius 2 is 1.74 bits per heavy atom. The van der Waals surface area contributed by atoms with Crippen LogP contribution in [0.25, 0.3) is 11.3 Å². The van der Waals surface area contributed by atoms with E-state index in [0.717, 1.165) is 18.4 Å². The van der Waals surface area contributed by atoms with E-state index in [4.69, 9.17) is 31.3 Å². The third-order valence-electron chi connectivity index (χ3n) is 6.09. The van der Waals surface area contributed by atoms with Gasteiger partial charge in [0.15, 0.2) is 11.7 Å². The molecule has 14 nitrogen and oxygen atoms in total. The van der Waals surface area contributed by atoms with Crippen LogP contribution in [0.3, 0.4) is 0 Å². The highest BCUT2D eigenvalue weighted by atomic mass is 19.4. The molecule has 2 aromatic carbocycles. The normalized spacial score (nSPS) is 11.3. The Hall–Kier alpha value is -5.61. The molecule has 254 valence electrons. The molecule has 0 saturated heterocycles. The van der Waals surface area contributed by atoms with Crippen molar-refractivity contribution in [3.63, 3.8) is 0 Å². The summed E-state index contributed by atoms with van der Waals surface area (Å²) >= 11 is 0. The predicted molar refractivity (Wildman–Crippen MR) is 167 cm³/mol. The fourth-order valence-corrected chi connectivity index (χ4v) is 3.81. The monoisotopic (exact) mass is 663 g/mol. The number of anilines is 2. The van der Waals surface area contributed by atoms with E-state index in [1.807, 2.05) is 20.8 Å². The number of unbranched alkanes of at least 4 members (excludes halogenated alkanes) is 1. The molecule has 0 bridgehead atoms. The first-order valence-corrected chi connectivity index (χ1v) is 14.1. The molecule has 8 N–H and O–H groups in total. The van der Waals surface area contributed by atoms with Crippen molar-refractivity contribution in [1.82, 2.24) is 14.9 Å². The summed E-state index contributed by atoms with van der Waals surface area (Å²) in [7, 11) is 0. The third kappa shape index (κ3) is 11.7. The number of carboxylic acids is 1.